The summed E-state index contributed by atoms with van der Waals surface area (Å²) in [4.78, 5) is 4.36. The lowest BCUT2D eigenvalue weighted by molar-refractivity contribution is 1.32. The van der Waals surface area contributed by atoms with Gasteiger partial charge in [-0.3, -0.25) is 0 Å². The Morgan fingerprint density at radius 1 is 1.06 bits per heavy atom. The van der Waals surface area contributed by atoms with Crippen molar-refractivity contribution < 1.29 is 0 Å². The highest BCUT2D eigenvalue weighted by Crippen LogP contribution is 2.12. The van der Waals surface area contributed by atoms with Gasteiger partial charge in [-0.2, -0.15) is 0 Å². The molecule has 1 aromatic heterocycles. The first-order chi connectivity index (χ1) is 7.54. The smallest absolute Gasteiger partial charge is 0.129 e. The zero-order valence-electron chi connectivity index (χ0n) is 9.91. The van der Waals surface area contributed by atoms with Crippen LogP contribution in [-0.4, -0.2) is 13.1 Å². The molecule has 1 nitrogen and oxygen atoms in total. The molecule has 2 rings (SSSR count). The van der Waals surface area contributed by atoms with Gasteiger partial charge in [-0.1, -0.05) is 49.8 Å². The fourth-order valence-electron chi connectivity index (χ4n) is 1.40. The molecule has 0 atom stereocenters. The van der Waals surface area contributed by atoms with Crippen molar-refractivity contribution in [3.05, 3.63) is 42.2 Å². The number of hydrogen-bond acceptors (Lipinski definition) is 1. The van der Waals surface area contributed by atoms with Gasteiger partial charge in [0.25, 0.3) is 0 Å². The van der Waals surface area contributed by atoms with E-state index >= 15 is 0 Å². The maximum absolute atomic E-state index is 4.36. The highest BCUT2D eigenvalue weighted by Gasteiger charge is 2.07. The minimum atomic E-state index is -1.31. The van der Waals surface area contributed by atoms with E-state index in [0.717, 1.165) is 5.69 Å². The van der Waals surface area contributed by atoms with E-state index in [1.54, 1.807) is 0 Å². The van der Waals surface area contributed by atoms with Crippen LogP contribution in [0.5, 0.6) is 0 Å². The van der Waals surface area contributed by atoms with Gasteiger partial charge in [0.15, 0.2) is 0 Å². The zero-order valence-corrected chi connectivity index (χ0v) is 10.9. The molecule has 0 aliphatic rings. The van der Waals surface area contributed by atoms with Gasteiger partial charge in [0.2, 0.25) is 0 Å². The molecule has 1 heterocycles. The Balaban J connectivity index is 2.43. The van der Waals surface area contributed by atoms with E-state index in [1.165, 1.54) is 10.8 Å². The normalized spacial score (nSPS) is 10.9. The summed E-state index contributed by atoms with van der Waals surface area (Å²) in [6.07, 6.45) is 1.89. The standard InChI is InChI=1S/C14H15NSi/c1-16(2,3)9-8-14-10-12-6-4-5-7-13(12)11-15-14/h4-7,10-11H,1-3H3. The SMILES string of the molecule is C[Si](C)(C)C#Cc1cc2ccccc2cn1. The maximum Gasteiger partial charge on any atom is 0.129 e. The molecule has 0 saturated carbocycles. The van der Waals surface area contributed by atoms with Crippen molar-refractivity contribution in [1.29, 1.82) is 0 Å². The Bertz CT molecular complexity index is 570. The van der Waals surface area contributed by atoms with E-state index < -0.39 is 8.07 Å². The Labute approximate surface area is 97.5 Å². The van der Waals surface area contributed by atoms with Crippen LogP contribution in [0.25, 0.3) is 10.8 Å². The van der Waals surface area contributed by atoms with Crippen LogP contribution in [0.15, 0.2) is 36.5 Å². The predicted octanol–water partition coefficient (Wildman–Crippen LogP) is 3.46. The van der Waals surface area contributed by atoms with Crippen LogP contribution in [0.1, 0.15) is 5.69 Å². The molecule has 2 aromatic rings. The number of pyridine rings is 1. The van der Waals surface area contributed by atoms with Crippen molar-refractivity contribution in [3.63, 3.8) is 0 Å². The van der Waals surface area contributed by atoms with E-state index in [-0.39, 0.29) is 0 Å². The fourth-order valence-corrected chi connectivity index (χ4v) is 1.91. The number of benzene rings is 1. The minimum absolute atomic E-state index is 0.876. The van der Waals surface area contributed by atoms with Crippen molar-refractivity contribution in [2.75, 3.05) is 0 Å². The van der Waals surface area contributed by atoms with Crippen LogP contribution >= 0.6 is 0 Å². The summed E-state index contributed by atoms with van der Waals surface area (Å²) in [5, 5.41) is 2.37. The first-order valence-electron chi connectivity index (χ1n) is 5.43. The quantitative estimate of drug-likeness (QED) is 0.494. The minimum Gasteiger partial charge on any atom is -0.247 e. The van der Waals surface area contributed by atoms with Gasteiger partial charge < -0.3 is 0 Å². The van der Waals surface area contributed by atoms with E-state index in [0.29, 0.717) is 0 Å². The summed E-state index contributed by atoms with van der Waals surface area (Å²) in [5.74, 6) is 3.18. The van der Waals surface area contributed by atoms with Crippen LogP contribution in [0.3, 0.4) is 0 Å². The average Bonchev–Trinajstić information content (AvgIpc) is 2.25. The lowest BCUT2D eigenvalue weighted by atomic mass is 10.1. The number of aromatic nitrogens is 1. The van der Waals surface area contributed by atoms with Gasteiger partial charge in [0, 0.05) is 11.6 Å². The van der Waals surface area contributed by atoms with Crippen LogP contribution < -0.4 is 0 Å². The third kappa shape index (κ3) is 2.71. The Morgan fingerprint density at radius 2 is 1.75 bits per heavy atom. The molecule has 0 unspecified atom stereocenters. The third-order valence-corrected chi connectivity index (χ3v) is 3.07. The molecule has 0 N–H and O–H groups in total. The summed E-state index contributed by atoms with van der Waals surface area (Å²) in [5.41, 5.74) is 4.21. The molecule has 0 aliphatic carbocycles. The van der Waals surface area contributed by atoms with E-state index in [2.05, 4.69) is 54.3 Å². The first kappa shape index (κ1) is 10.9. The number of rotatable bonds is 0. The summed E-state index contributed by atoms with van der Waals surface area (Å²) < 4.78 is 0. The second-order valence-electron chi connectivity index (χ2n) is 4.92. The first-order valence-corrected chi connectivity index (χ1v) is 8.93. The lowest BCUT2D eigenvalue weighted by Gasteiger charge is -2.03. The van der Waals surface area contributed by atoms with Crippen LogP contribution in [0, 0.1) is 11.5 Å². The summed E-state index contributed by atoms with van der Waals surface area (Å²) in [7, 11) is -1.31. The maximum atomic E-state index is 4.36. The topological polar surface area (TPSA) is 12.9 Å². The highest BCUT2D eigenvalue weighted by molar-refractivity contribution is 6.83. The summed E-state index contributed by atoms with van der Waals surface area (Å²) >= 11 is 0. The number of nitrogens with zero attached hydrogens (tertiary/aromatic N) is 1. The van der Waals surface area contributed by atoms with Gasteiger partial charge in [-0.05, 0) is 11.5 Å². The highest BCUT2D eigenvalue weighted by atomic mass is 28.3. The molecule has 0 aliphatic heterocycles. The molecule has 0 spiro atoms. The van der Waals surface area contributed by atoms with Crippen molar-refractivity contribution in [2.45, 2.75) is 19.6 Å². The molecule has 0 radical (unpaired) electrons. The zero-order chi connectivity index (χ0) is 11.6. The van der Waals surface area contributed by atoms with Crippen LogP contribution in [0.4, 0.5) is 0 Å². The van der Waals surface area contributed by atoms with Crippen molar-refractivity contribution >= 4 is 18.8 Å². The van der Waals surface area contributed by atoms with E-state index in [4.69, 9.17) is 0 Å². The number of hydrogen-bond donors (Lipinski definition) is 0. The monoisotopic (exact) mass is 225 g/mol. The van der Waals surface area contributed by atoms with Gasteiger partial charge in [-0.25, -0.2) is 4.98 Å². The molecular formula is C14H15NSi. The van der Waals surface area contributed by atoms with Crippen LogP contribution in [0.2, 0.25) is 19.6 Å². The van der Waals surface area contributed by atoms with Crippen molar-refractivity contribution in [1.82, 2.24) is 4.98 Å². The van der Waals surface area contributed by atoms with Crippen LogP contribution in [-0.2, 0) is 0 Å². The van der Waals surface area contributed by atoms with Gasteiger partial charge >= 0.3 is 0 Å². The molecule has 0 bridgehead atoms. The third-order valence-electron chi connectivity index (χ3n) is 2.20. The molecule has 2 heteroatoms. The molecule has 0 fully saturated rings. The largest absolute Gasteiger partial charge is 0.247 e. The molecule has 0 amide bonds. The van der Waals surface area contributed by atoms with E-state index in [9.17, 15) is 0 Å². The van der Waals surface area contributed by atoms with Gasteiger partial charge in [-0.15, -0.1) is 5.54 Å². The molecule has 80 valence electrons. The van der Waals surface area contributed by atoms with Gasteiger partial charge in [0.1, 0.15) is 13.8 Å². The second-order valence-corrected chi connectivity index (χ2v) is 9.67. The van der Waals surface area contributed by atoms with Gasteiger partial charge in [0.05, 0.1) is 0 Å². The molecule has 0 saturated heterocycles. The molecule has 1 aromatic carbocycles. The number of fused-ring (bicyclic) bond motifs is 1. The second kappa shape index (κ2) is 4.11. The van der Waals surface area contributed by atoms with Crippen molar-refractivity contribution in [3.8, 4) is 11.5 Å². The summed E-state index contributed by atoms with van der Waals surface area (Å²) in [6.45, 7) is 6.71. The molecule has 16 heavy (non-hydrogen) atoms. The lowest BCUT2D eigenvalue weighted by Crippen LogP contribution is -2.16. The van der Waals surface area contributed by atoms with E-state index in [1.807, 2.05) is 18.3 Å². The summed E-state index contributed by atoms with van der Waals surface area (Å²) in [6, 6.07) is 10.3. The van der Waals surface area contributed by atoms with Crippen molar-refractivity contribution in [2.24, 2.45) is 0 Å². The fraction of sp³-hybridized carbons (Fsp3) is 0.214. The predicted molar refractivity (Wildman–Crippen MR) is 72.0 cm³/mol. The Hall–Kier alpha value is -1.59. The molecular weight excluding hydrogens is 210 g/mol. The average molecular weight is 225 g/mol. The Kier molecular flexibility index (Phi) is 2.80. The Morgan fingerprint density at radius 3 is 2.44 bits per heavy atom.